The first-order valence-electron chi connectivity index (χ1n) is 7.58. The topological polar surface area (TPSA) is 58.6 Å². The van der Waals surface area contributed by atoms with Gasteiger partial charge in [-0.2, -0.15) is 0 Å². The van der Waals surface area contributed by atoms with E-state index in [-0.39, 0.29) is 18.0 Å². The fourth-order valence-corrected chi connectivity index (χ4v) is 3.09. The van der Waals surface area contributed by atoms with Crippen LogP contribution in [0.1, 0.15) is 19.8 Å². The molecule has 6 heteroatoms. The second kappa shape index (κ2) is 8.68. The van der Waals surface area contributed by atoms with Gasteiger partial charge in [0.25, 0.3) is 0 Å². The average Bonchev–Trinajstić information content (AvgIpc) is 2.55. The summed E-state index contributed by atoms with van der Waals surface area (Å²) in [5.41, 5.74) is 0. The maximum Gasteiger partial charge on any atom is 0.409 e. The normalized spacial score (nSPS) is 15.4. The minimum absolute atomic E-state index is 0.0448. The zero-order chi connectivity index (χ0) is 15.8. The van der Waals surface area contributed by atoms with Crippen LogP contribution in [0.15, 0.2) is 35.2 Å². The van der Waals surface area contributed by atoms with Crippen molar-refractivity contribution in [3.8, 4) is 0 Å². The molecule has 0 bridgehead atoms. The maximum atomic E-state index is 12.0. The Labute approximate surface area is 135 Å². The summed E-state index contributed by atoms with van der Waals surface area (Å²) in [7, 11) is 0. The van der Waals surface area contributed by atoms with E-state index in [1.54, 1.807) is 11.8 Å². The number of carbonyl (C=O) groups is 2. The Morgan fingerprint density at radius 1 is 1.27 bits per heavy atom. The van der Waals surface area contributed by atoms with Crippen LogP contribution in [0.4, 0.5) is 4.79 Å². The molecule has 1 aliphatic rings. The van der Waals surface area contributed by atoms with E-state index in [4.69, 9.17) is 4.74 Å². The van der Waals surface area contributed by atoms with E-state index >= 15 is 0 Å². The van der Waals surface area contributed by atoms with Gasteiger partial charge in [-0.1, -0.05) is 18.2 Å². The Balaban J connectivity index is 1.67. The minimum atomic E-state index is -0.257. The summed E-state index contributed by atoms with van der Waals surface area (Å²) in [6.45, 7) is 3.46. The van der Waals surface area contributed by atoms with Gasteiger partial charge in [-0.3, -0.25) is 4.79 Å². The molecule has 0 radical (unpaired) electrons. The van der Waals surface area contributed by atoms with Crippen molar-refractivity contribution in [2.45, 2.75) is 30.7 Å². The maximum absolute atomic E-state index is 12.0. The van der Waals surface area contributed by atoms with Gasteiger partial charge in [0.05, 0.1) is 12.4 Å². The molecule has 1 aromatic rings. The monoisotopic (exact) mass is 322 g/mol. The Morgan fingerprint density at radius 2 is 1.95 bits per heavy atom. The van der Waals surface area contributed by atoms with Crippen LogP contribution in [0.2, 0.25) is 0 Å². The molecule has 120 valence electrons. The fourth-order valence-electron chi connectivity index (χ4n) is 2.36. The third kappa shape index (κ3) is 5.26. The molecular weight excluding hydrogens is 300 g/mol. The first-order valence-corrected chi connectivity index (χ1v) is 8.56. The Hall–Kier alpha value is -1.69. The third-order valence-corrected chi connectivity index (χ3v) is 4.51. The molecule has 5 nitrogen and oxygen atoms in total. The molecule has 1 N–H and O–H groups in total. The second-order valence-electron chi connectivity index (χ2n) is 5.13. The Bertz CT molecular complexity index is 487. The van der Waals surface area contributed by atoms with Crippen molar-refractivity contribution >= 4 is 23.8 Å². The summed E-state index contributed by atoms with van der Waals surface area (Å²) in [5, 5.41) is 3.04. The molecule has 0 aliphatic carbocycles. The lowest BCUT2D eigenvalue weighted by Gasteiger charge is -2.31. The summed E-state index contributed by atoms with van der Waals surface area (Å²) in [6.07, 6.45) is 1.30. The lowest BCUT2D eigenvalue weighted by molar-refractivity contribution is -0.119. The van der Waals surface area contributed by atoms with Crippen LogP contribution in [-0.2, 0) is 9.53 Å². The van der Waals surface area contributed by atoms with E-state index in [9.17, 15) is 9.59 Å². The van der Waals surface area contributed by atoms with E-state index in [0.717, 1.165) is 17.7 Å². The molecule has 0 saturated carbocycles. The predicted molar refractivity (Wildman–Crippen MR) is 86.9 cm³/mol. The van der Waals surface area contributed by atoms with Gasteiger partial charge in [0, 0.05) is 24.0 Å². The number of thioether (sulfide) groups is 1. The van der Waals surface area contributed by atoms with Gasteiger partial charge in [0.15, 0.2) is 0 Å². The van der Waals surface area contributed by atoms with Crippen molar-refractivity contribution in [2.75, 3.05) is 25.4 Å². The van der Waals surface area contributed by atoms with Crippen LogP contribution >= 0.6 is 11.8 Å². The van der Waals surface area contributed by atoms with E-state index in [1.165, 1.54) is 11.8 Å². The first-order chi connectivity index (χ1) is 10.7. The highest BCUT2D eigenvalue weighted by Gasteiger charge is 2.24. The molecule has 22 heavy (non-hydrogen) atoms. The van der Waals surface area contributed by atoms with E-state index in [0.29, 0.717) is 25.4 Å². The summed E-state index contributed by atoms with van der Waals surface area (Å²) >= 11 is 1.53. The number of ether oxygens (including phenoxy) is 1. The number of nitrogens with zero attached hydrogens (tertiary/aromatic N) is 1. The number of rotatable bonds is 5. The lowest BCUT2D eigenvalue weighted by Crippen LogP contribution is -2.47. The summed E-state index contributed by atoms with van der Waals surface area (Å²) in [6, 6.07) is 10.0. The van der Waals surface area contributed by atoms with E-state index in [2.05, 4.69) is 5.32 Å². The van der Waals surface area contributed by atoms with E-state index < -0.39 is 0 Å². The molecule has 1 fully saturated rings. The van der Waals surface area contributed by atoms with E-state index in [1.807, 2.05) is 30.3 Å². The minimum Gasteiger partial charge on any atom is -0.450 e. The standard InChI is InChI=1S/C16H22N2O3S/c1-2-21-16(20)18-10-8-13(9-11-18)17-15(19)12-22-14-6-4-3-5-7-14/h3-7,13H,2,8-12H2,1H3,(H,17,19). The molecule has 0 atom stereocenters. The number of carbonyl (C=O) groups excluding carboxylic acids is 2. The number of hydrogen-bond acceptors (Lipinski definition) is 4. The van der Waals surface area contributed by atoms with Gasteiger partial charge in [-0.05, 0) is 31.9 Å². The van der Waals surface area contributed by atoms with Crippen LogP contribution in [0.5, 0.6) is 0 Å². The quantitative estimate of drug-likeness (QED) is 0.846. The molecule has 0 unspecified atom stereocenters. The molecule has 0 spiro atoms. The van der Waals surface area contributed by atoms with Gasteiger partial charge in [0.2, 0.25) is 5.91 Å². The van der Waals surface area contributed by atoms with Crippen molar-refractivity contribution in [2.24, 2.45) is 0 Å². The van der Waals surface area contributed by atoms with Crippen molar-refractivity contribution in [1.82, 2.24) is 10.2 Å². The van der Waals surface area contributed by atoms with Crippen LogP contribution in [-0.4, -0.2) is 48.4 Å². The highest BCUT2D eigenvalue weighted by Crippen LogP contribution is 2.17. The van der Waals surface area contributed by atoms with Crippen LogP contribution in [0.3, 0.4) is 0 Å². The Kier molecular flexibility index (Phi) is 6.58. The number of amides is 2. The highest BCUT2D eigenvalue weighted by molar-refractivity contribution is 8.00. The predicted octanol–water partition coefficient (Wildman–Crippen LogP) is 2.52. The molecule has 1 aromatic carbocycles. The zero-order valence-electron chi connectivity index (χ0n) is 12.8. The van der Waals surface area contributed by atoms with Crippen LogP contribution in [0.25, 0.3) is 0 Å². The van der Waals surface area contributed by atoms with Crippen molar-refractivity contribution in [1.29, 1.82) is 0 Å². The third-order valence-electron chi connectivity index (χ3n) is 3.50. The molecule has 1 saturated heterocycles. The molecule has 2 amide bonds. The SMILES string of the molecule is CCOC(=O)N1CCC(NC(=O)CSc2ccccc2)CC1. The van der Waals surface area contributed by atoms with Crippen molar-refractivity contribution < 1.29 is 14.3 Å². The van der Waals surface area contributed by atoms with Gasteiger partial charge >= 0.3 is 6.09 Å². The summed E-state index contributed by atoms with van der Waals surface area (Å²) in [4.78, 5) is 26.4. The Morgan fingerprint density at radius 3 is 2.59 bits per heavy atom. The fraction of sp³-hybridized carbons (Fsp3) is 0.500. The summed E-state index contributed by atoms with van der Waals surface area (Å²) in [5.74, 6) is 0.464. The van der Waals surface area contributed by atoms with Crippen LogP contribution in [0, 0.1) is 0 Å². The number of likely N-dealkylation sites (tertiary alicyclic amines) is 1. The number of piperidine rings is 1. The molecule has 1 heterocycles. The van der Waals surface area contributed by atoms with Gasteiger partial charge in [-0.25, -0.2) is 4.79 Å². The molecule has 0 aromatic heterocycles. The van der Waals surface area contributed by atoms with Gasteiger partial charge < -0.3 is 15.0 Å². The number of nitrogens with one attached hydrogen (secondary N) is 1. The lowest BCUT2D eigenvalue weighted by atomic mass is 10.1. The smallest absolute Gasteiger partial charge is 0.409 e. The molecule has 2 rings (SSSR count). The van der Waals surface area contributed by atoms with Gasteiger partial charge in [-0.15, -0.1) is 11.8 Å². The summed E-state index contributed by atoms with van der Waals surface area (Å²) < 4.78 is 4.98. The largest absolute Gasteiger partial charge is 0.450 e. The van der Waals surface area contributed by atoms with Crippen molar-refractivity contribution in [3.63, 3.8) is 0 Å². The van der Waals surface area contributed by atoms with Crippen LogP contribution < -0.4 is 5.32 Å². The number of benzene rings is 1. The second-order valence-corrected chi connectivity index (χ2v) is 6.18. The highest BCUT2D eigenvalue weighted by atomic mass is 32.2. The molecule has 1 aliphatic heterocycles. The van der Waals surface area contributed by atoms with Crippen molar-refractivity contribution in [3.05, 3.63) is 30.3 Å². The first kappa shape index (κ1) is 16.7. The van der Waals surface area contributed by atoms with Gasteiger partial charge in [0.1, 0.15) is 0 Å². The average molecular weight is 322 g/mol. The number of hydrogen-bond donors (Lipinski definition) is 1. The molecular formula is C16H22N2O3S. The zero-order valence-corrected chi connectivity index (χ0v) is 13.6.